The van der Waals surface area contributed by atoms with Crippen molar-refractivity contribution in [1.82, 2.24) is 20.0 Å². The van der Waals surface area contributed by atoms with Crippen LogP contribution in [-0.2, 0) is 40.0 Å². The van der Waals surface area contributed by atoms with Crippen molar-refractivity contribution in [3.63, 3.8) is 0 Å². The van der Waals surface area contributed by atoms with Crippen molar-refractivity contribution < 1.29 is 33.4 Å². The summed E-state index contributed by atoms with van der Waals surface area (Å²) < 4.78 is 17.5. The summed E-state index contributed by atoms with van der Waals surface area (Å²) in [4.78, 5) is 60.0. The van der Waals surface area contributed by atoms with Crippen LogP contribution in [0, 0.1) is 23.7 Å². The van der Waals surface area contributed by atoms with Crippen molar-refractivity contribution in [1.29, 1.82) is 0 Å². The van der Waals surface area contributed by atoms with Crippen LogP contribution in [0.4, 0.5) is 0 Å². The zero-order valence-corrected chi connectivity index (χ0v) is 32.1. The zero-order chi connectivity index (χ0) is 37.0. The quantitative estimate of drug-likeness (QED) is 0.213. The molecule has 11 heteroatoms. The van der Waals surface area contributed by atoms with Crippen LogP contribution in [-0.4, -0.2) is 117 Å². The van der Waals surface area contributed by atoms with Crippen LogP contribution in [0.2, 0.25) is 0 Å². The van der Waals surface area contributed by atoms with Gasteiger partial charge in [0, 0.05) is 27.8 Å². The number of benzene rings is 1. The number of rotatable bonds is 19. The molecule has 8 atom stereocenters. The molecule has 2 rings (SSSR count). The van der Waals surface area contributed by atoms with E-state index >= 15 is 0 Å². The van der Waals surface area contributed by atoms with E-state index in [9.17, 15) is 19.2 Å². The van der Waals surface area contributed by atoms with E-state index in [0.717, 1.165) is 18.4 Å². The van der Waals surface area contributed by atoms with Crippen LogP contribution >= 0.6 is 0 Å². The SMILES string of the molecule is CCC(C)C(C(CC(=O)N1CCCC1C(OC)C(C)C(=O)OCc1ccccc1)OC)N(C)C(=O)C(NC(=O)C(C(C)C)N(C)C)C(C)C. The highest BCUT2D eigenvalue weighted by atomic mass is 16.5. The van der Waals surface area contributed by atoms with Crippen LogP contribution < -0.4 is 5.32 Å². The van der Waals surface area contributed by atoms with E-state index in [2.05, 4.69) is 19.2 Å². The maximum atomic E-state index is 14.2. The Hall–Kier alpha value is -3.02. The average Bonchev–Trinajstić information content (AvgIpc) is 3.55. The highest BCUT2D eigenvalue weighted by Gasteiger charge is 2.43. The van der Waals surface area contributed by atoms with Gasteiger partial charge in [-0.3, -0.25) is 24.1 Å². The molecule has 1 aliphatic rings. The fourth-order valence-corrected chi connectivity index (χ4v) is 7.26. The minimum Gasteiger partial charge on any atom is -0.461 e. The Kier molecular flexibility index (Phi) is 17.2. The Bertz CT molecular complexity index is 1190. The minimum atomic E-state index is -0.743. The molecule has 1 saturated heterocycles. The van der Waals surface area contributed by atoms with Gasteiger partial charge in [0.1, 0.15) is 12.6 Å². The van der Waals surface area contributed by atoms with E-state index in [0.29, 0.717) is 13.0 Å². The lowest BCUT2D eigenvalue weighted by molar-refractivity contribution is -0.158. The highest BCUT2D eigenvalue weighted by Crippen LogP contribution is 2.30. The number of amides is 3. The molecule has 8 unspecified atom stereocenters. The average molecular weight is 689 g/mol. The van der Waals surface area contributed by atoms with Crippen LogP contribution in [0.5, 0.6) is 0 Å². The number of methoxy groups -OCH3 is 2. The molecule has 1 heterocycles. The number of ether oxygens (including phenoxy) is 3. The van der Waals surface area contributed by atoms with Gasteiger partial charge in [-0.2, -0.15) is 0 Å². The molecule has 49 heavy (non-hydrogen) atoms. The summed E-state index contributed by atoms with van der Waals surface area (Å²) in [5.41, 5.74) is 0.898. The Morgan fingerprint density at radius 2 is 1.57 bits per heavy atom. The Morgan fingerprint density at radius 1 is 0.939 bits per heavy atom. The summed E-state index contributed by atoms with van der Waals surface area (Å²) in [5.74, 6) is -1.59. The lowest BCUT2D eigenvalue weighted by Crippen LogP contribution is -2.59. The van der Waals surface area contributed by atoms with E-state index in [1.54, 1.807) is 38.0 Å². The summed E-state index contributed by atoms with van der Waals surface area (Å²) >= 11 is 0. The first kappa shape index (κ1) is 42.1. The summed E-state index contributed by atoms with van der Waals surface area (Å²) in [6.45, 7) is 14.4. The summed E-state index contributed by atoms with van der Waals surface area (Å²) in [5, 5.41) is 3.04. The molecule has 0 saturated carbocycles. The second-order valence-corrected chi connectivity index (χ2v) is 14.6. The monoisotopic (exact) mass is 688 g/mol. The van der Waals surface area contributed by atoms with Gasteiger partial charge in [0.15, 0.2) is 0 Å². The summed E-state index contributed by atoms with van der Waals surface area (Å²) in [6, 6.07) is 7.65. The van der Waals surface area contributed by atoms with Gasteiger partial charge < -0.3 is 29.3 Å². The second kappa shape index (κ2) is 20.0. The van der Waals surface area contributed by atoms with Gasteiger partial charge in [-0.05, 0) is 57.2 Å². The van der Waals surface area contributed by atoms with Crippen molar-refractivity contribution >= 4 is 23.7 Å². The molecule has 3 amide bonds. The van der Waals surface area contributed by atoms with Gasteiger partial charge in [-0.25, -0.2) is 0 Å². The van der Waals surface area contributed by atoms with Gasteiger partial charge in [0.05, 0.1) is 42.7 Å². The lowest BCUT2D eigenvalue weighted by Gasteiger charge is -2.41. The highest BCUT2D eigenvalue weighted by molar-refractivity contribution is 5.90. The molecule has 1 aliphatic heterocycles. The zero-order valence-electron chi connectivity index (χ0n) is 32.1. The first-order chi connectivity index (χ1) is 23.1. The van der Waals surface area contributed by atoms with Crippen molar-refractivity contribution in [3.05, 3.63) is 35.9 Å². The number of hydrogen-bond donors (Lipinski definition) is 1. The number of nitrogens with one attached hydrogen (secondary N) is 1. The summed E-state index contributed by atoms with van der Waals surface area (Å²) in [6.07, 6.45) is 1.15. The molecular formula is C38H64N4O7. The molecule has 0 bridgehead atoms. The predicted octanol–water partition coefficient (Wildman–Crippen LogP) is 4.38. The third-order valence-electron chi connectivity index (χ3n) is 10.1. The van der Waals surface area contributed by atoms with Crippen LogP contribution in [0.3, 0.4) is 0 Å². The van der Waals surface area contributed by atoms with E-state index in [4.69, 9.17) is 14.2 Å². The predicted molar refractivity (Wildman–Crippen MR) is 191 cm³/mol. The summed E-state index contributed by atoms with van der Waals surface area (Å²) in [7, 11) is 8.60. The second-order valence-electron chi connectivity index (χ2n) is 14.6. The van der Waals surface area contributed by atoms with Gasteiger partial charge >= 0.3 is 5.97 Å². The van der Waals surface area contributed by atoms with Crippen molar-refractivity contribution in [2.45, 2.75) is 117 Å². The molecule has 0 aromatic heterocycles. The van der Waals surface area contributed by atoms with Crippen molar-refractivity contribution in [2.75, 3.05) is 41.9 Å². The van der Waals surface area contributed by atoms with Gasteiger partial charge in [-0.15, -0.1) is 0 Å². The first-order valence-corrected chi connectivity index (χ1v) is 17.9. The number of likely N-dealkylation sites (tertiary alicyclic amines) is 1. The number of nitrogens with zero attached hydrogens (tertiary/aromatic N) is 3. The molecule has 1 aromatic rings. The molecule has 0 radical (unpaired) electrons. The van der Waals surface area contributed by atoms with Crippen molar-refractivity contribution in [3.8, 4) is 0 Å². The van der Waals surface area contributed by atoms with E-state index in [1.165, 1.54) is 0 Å². The third-order valence-corrected chi connectivity index (χ3v) is 10.1. The van der Waals surface area contributed by atoms with Crippen LogP contribution in [0.15, 0.2) is 30.3 Å². The molecule has 0 aliphatic carbocycles. The molecule has 1 aromatic carbocycles. The van der Waals surface area contributed by atoms with Crippen molar-refractivity contribution in [2.24, 2.45) is 23.7 Å². The van der Waals surface area contributed by atoms with Gasteiger partial charge in [0.25, 0.3) is 0 Å². The Balaban J connectivity index is 2.24. The molecular weight excluding hydrogens is 624 g/mol. The smallest absolute Gasteiger partial charge is 0.311 e. The molecule has 1 N–H and O–H groups in total. The van der Waals surface area contributed by atoms with E-state index in [-0.39, 0.29) is 66.6 Å². The van der Waals surface area contributed by atoms with Crippen LogP contribution in [0.1, 0.15) is 79.7 Å². The Morgan fingerprint density at radius 3 is 2.08 bits per heavy atom. The largest absolute Gasteiger partial charge is 0.461 e. The first-order valence-electron chi connectivity index (χ1n) is 17.9. The van der Waals surface area contributed by atoms with E-state index < -0.39 is 30.2 Å². The fraction of sp³-hybridized carbons (Fsp3) is 0.737. The number of likely N-dealkylation sites (N-methyl/N-ethyl adjacent to an activating group) is 2. The number of hydrogen-bond acceptors (Lipinski definition) is 8. The standard InChI is InChI=1S/C38H64N4O7/c1-13-26(6)34(41(10)37(45)32(24(2)3)39-36(44)33(25(4)5)40(8)9)30(47-11)22-31(43)42-21-17-20-29(42)35(48-12)27(7)38(46)49-23-28-18-15-14-16-19-28/h14-16,18-19,24-27,29-30,32-35H,13,17,20-23H2,1-12H3,(H,39,44). The lowest BCUT2D eigenvalue weighted by atomic mass is 9.89. The minimum absolute atomic E-state index is 0.000840. The van der Waals surface area contributed by atoms with Crippen LogP contribution in [0.25, 0.3) is 0 Å². The van der Waals surface area contributed by atoms with E-state index in [1.807, 2.05) is 77.0 Å². The molecule has 278 valence electrons. The molecule has 1 fully saturated rings. The maximum absolute atomic E-state index is 14.2. The third kappa shape index (κ3) is 11.2. The Labute approximate surface area is 295 Å². The fourth-order valence-electron chi connectivity index (χ4n) is 7.26. The topological polar surface area (TPSA) is 118 Å². The number of carbonyl (C=O) groups is 4. The van der Waals surface area contributed by atoms with Gasteiger partial charge in [-0.1, -0.05) is 78.3 Å². The number of esters is 1. The van der Waals surface area contributed by atoms with Gasteiger partial charge in [0.2, 0.25) is 17.7 Å². The number of carbonyl (C=O) groups excluding carboxylic acids is 4. The molecule has 11 nitrogen and oxygen atoms in total. The normalized spacial score (nSPS) is 19.2. The molecule has 0 spiro atoms. The maximum Gasteiger partial charge on any atom is 0.311 e.